The highest BCUT2D eigenvalue weighted by molar-refractivity contribution is 7.90. The number of hydrogen-bond donors (Lipinski definition) is 2. The Labute approximate surface area is 174 Å². The molecule has 2 amide bonds. The molecule has 2 aromatic rings. The first-order valence-corrected chi connectivity index (χ1v) is 10.5. The van der Waals surface area contributed by atoms with Gasteiger partial charge in [-0.1, -0.05) is 23.7 Å². The molecule has 0 aromatic heterocycles. The fraction of sp³-hybridized carbons (Fsp3) is 0.263. The normalized spacial score (nSPS) is 10.9. The lowest BCUT2D eigenvalue weighted by Gasteiger charge is -2.09. The standard InChI is InChI=1S/C19H21ClN2O6S/c1-3-28-19(24)22-29(25,26)15-7-4-13(5-8-15)10-11-21-18(23)16-12-14(27-2)6-9-17(16)20/h4-9,12H,3,10-11H2,1-2H3,(H,21,23)(H,22,24). The van der Waals surface area contributed by atoms with Crippen LogP contribution in [0.5, 0.6) is 5.75 Å². The maximum absolute atomic E-state index is 12.3. The van der Waals surface area contributed by atoms with Crippen LogP contribution < -0.4 is 14.8 Å². The molecule has 0 aliphatic rings. The van der Waals surface area contributed by atoms with Gasteiger partial charge in [-0.3, -0.25) is 4.79 Å². The van der Waals surface area contributed by atoms with Crippen LogP contribution in [0.3, 0.4) is 0 Å². The number of rotatable bonds is 8. The predicted octanol–water partition coefficient (Wildman–Crippen LogP) is 2.76. The molecule has 0 bridgehead atoms. The van der Waals surface area contributed by atoms with Gasteiger partial charge in [-0.2, -0.15) is 0 Å². The van der Waals surface area contributed by atoms with E-state index >= 15 is 0 Å². The number of nitrogens with one attached hydrogen (secondary N) is 2. The number of halogens is 1. The Bertz CT molecular complexity index is 977. The van der Waals surface area contributed by atoms with Gasteiger partial charge in [0, 0.05) is 6.54 Å². The van der Waals surface area contributed by atoms with E-state index in [1.54, 1.807) is 37.3 Å². The topological polar surface area (TPSA) is 111 Å². The molecule has 0 aliphatic carbocycles. The van der Waals surface area contributed by atoms with Gasteiger partial charge in [0.05, 0.1) is 29.2 Å². The van der Waals surface area contributed by atoms with Crippen molar-refractivity contribution in [3.8, 4) is 5.75 Å². The van der Waals surface area contributed by atoms with Crippen molar-refractivity contribution >= 4 is 33.6 Å². The zero-order chi connectivity index (χ0) is 21.4. The van der Waals surface area contributed by atoms with Gasteiger partial charge in [-0.25, -0.2) is 17.9 Å². The molecule has 0 heterocycles. The Morgan fingerprint density at radius 2 is 1.79 bits per heavy atom. The molecule has 0 fully saturated rings. The first-order valence-electron chi connectivity index (χ1n) is 8.67. The van der Waals surface area contributed by atoms with E-state index in [1.807, 2.05) is 4.72 Å². The first-order chi connectivity index (χ1) is 13.8. The Morgan fingerprint density at radius 3 is 2.41 bits per heavy atom. The highest BCUT2D eigenvalue weighted by atomic mass is 35.5. The minimum atomic E-state index is -4.00. The summed E-state index contributed by atoms with van der Waals surface area (Å²) >= 11 is 6.05. The SMILES string of the molecule is CCOC(=O)NS(=O)(=O)c1ccc(CCNC(=O)c2cc(OC)ccc2Cl)cc1. The molecule has 0 unspecified atom stereocenters. The number of carbonyl (C=O) groups is 2. The molecule has 0 spiro atoms. The van der Waals surface area contributed by atoms with Crippen LogP contribution in [-0.2, 0) is 21.2 Å². The third kappa shape index (κ3) is 6.37. The van der Waals surface area contributed by atoms with E-state index in [0.29, 0.717) is 29.3 Å². The summed E-state index contributed by atoms with van der Waals surface area (Å²) in [6, 6.07) is 10.7. The van der Waals surface area contributed by atoms with E-state index in [4.69, 9.17) is 16.3 Å². The van der Waals surface area contributed by atoms with Crippen LogP contribution in [0.1, 0.15) is 22.8 Å². The van der Waals surface area contributed by atoms with Gasteiger partial charge in [-0.05, 0) is 49.2 Å². The number of ether oxygens (including phenoxy) is 2. The average Bonchev–Trinajstić information content (AvgIpc) is 2.68. The lowest BCUT2D eigenvalue weighted by Crippen LogP contribution is -2.31. The fourth-order valence-corrected chi connectivity index (χ4v) is 3.48. The fourth-order valence-electron chi connectivity index (χ4n) is 2.39. The number of hydrogen-bond acceptors (Lipinski definition) is 6. The Kier molecular flexibility index (Phi) is 7.86. The van der Waals surface area contributed by atoms with Crippen molar-refractivity contribution in [2.45, 2.75) is 18.2 Å². The Morgan fingerprint density at radius 1 is 1.10 bits per heavy atom. The molecule has 0 radical (unpaired) electrons. The smallest absolute Gasteiger partial charge is 0.421 e. The van der Waals surface area contributed by atoms with E-state index in [1.165, 1.54) is 19.2 Å². The molecule has 0 saturated heterocycles. The zero-order valence-corrected chi connectivity index (χ0v) is 17.5. The summed E-state index contributed by atoms with van der Waals surface area (Å²) < 4.78 is 35.6. The first kappa shape index (κ1) is 22.5. The van der Waals surface area contributed by atoms with Crippen molar-refractivity contribution in [2.75, 3.05) is 20.3 Å². The number of carbonyl (C=O) groups excluding carboxylic acids is 2. The third-order valence-electron chi connectivity index (χ3n) is 3.84. The average molecular weight is 441 g/mol. The zero-order valence-electron chi connectivity index (χ0n) is 15.9. The summed E-state index contributed by atoms with van der Waals surface area (Å²) in [5.74, 6) is 0.180. The van der Waals surface area contributed by atoms with Gasteiger partial charge in [0.2, 0.25) is 0 Å². The van der Waals surface area contributed by atoms with Gasteiger partial charge in [0.15, 0.2) is 0 Å². The lowest BCUT2D eigenvalue weighted by atomic mass is 10.1. The maximum atomic E-state index is 12.3. The van der Waals surface area contributed by atoms with Gasteiger partial charge in [0.1, 0.15) is 5.75 Å². The summed E-state index contributed by atoms with van der Waals surface area (Å²) in [4.78, 5) is 23.5. The van der Waals surface area contributed by atoms with Gasteiger partial charge >= 0.3 is 6.09 Å². The quantitative estimate of drug-likeness (QED) is 0.653. The highest BCUT2D eigenvalue weighted by Crippen LogP contribution is 2.21. The molecule has 0 saturated carbocycles. The second-order valence-electron chi connectivity index (χ2n) is 5.82. The summed E-state index contributed by atoms with van der Waals surface area (Å²) in [7, 11) is -2.50. The van der Waals surface area contributed by atoms with Crippen molar-refractivity contribution in [3.05, 3.63) is 58.6 Å². The predicted molar refractivity (Wildman–Crippen MR) is 108 cm³/mol. The van der Waals surface area contributed by atoms with Crippen molar-refractivity contribution in [1.82, 2.24) is 10.0 Å². The van der Waals surface area contributed by atoms with Gasteiger partial charge < -0.3 is 14.8 Å². The minimum absolute atomic E-state index is 0.0625. The monoisotopic (exact) mass is 440 g/mol. The molecule has 2 rings (SSSR count). The van der Waals surface area contributed by atoms with E-state index in [-0.39, 0.29) is 17.4 Å². The van der Waals surface area contributed by atoms with Gasteiger partial charge in [0.25, 0.3) is 15.9 Å². The number of benzene rings is 2. The molecule has 156 valence electrons. The Hall–Kier alpha value is -2.78. The van der Waals surface area contributed by atoms with Crippen LogP contribution in [0.4, 0.5) is 4.79 Å². The lowest BCUT2D eigenvalue weighted by molar-refractivity contribution is 0.0954. The van der Waals surface area contributed by atoms with Crippen LogP contribution in [0.2, 0.25) is 5.02 Å². The van der Waals surface area contributed by atoms with Crippen LogP contribution in [-0.4, -0.2) is 40.7 Å². The highest BCUT2D eigenvalue weighted by Gasteiger charge is 2.18. The molecule has 8 nitrogen and oxygen atoms in total. The van der Waals surface area contributed by atoms with Crippen LogP contribution in [0.15, 0.2) is 47.4 Å². The van der Waals surface area contributed by atoms with E-state index in [9.17, 15) is 18.0 Å². The van der Waals surface area contributed by atoms with Crippen molar-refractivity contribution in [1.29, 1.82) is 0 Å². The molecule has 29 heavy (non-hydrogen) atoms. The summed E-state index contributed by atoms with van der Waals surface area (Å²) in [5, 5.41) is 3.07. The minimum Gasteiger partial charge on any atom is -0.497 e. The largest absolute Gasteiger partial charge is 0.497 e. The second kappa shape index (κ2) is 10.1. The number of methoxy groups -OCH3 is 1. The summed E-state index contributed by atoms with van der Waals surface area (Å²) in [6.07, 6.45) is -0.561. The van der Waals surface area contributed by atoms with E-state index in [2.05, 4.69) is 10.1 Å². The molecular formula is C19H21ClN2O6S. The van der Waals surface area contributed by atoms with Crippen LogP contribution in [0, 0.1) is 0 Å². The third-order valence-corrected chi connectivity index (χ3v) is 5.50. The summed E-state index contributed by atoms with van der Waals surface area (Å²) in [5.41, 5.74) is 1.11. The molecule has 0 aliphatic heterocycles. The number of sulfonamides is 1. The van der Waals surface area contributed by atoms with Crippen molar-refractivity contribution in [3.63, 3.8) is 0 Å². The molecule has 0 atom stereocenters. The van der Waals surface area contributed by atoms with Crippen LogP contribution >= 0.6 is 11.6 Å². The van der Waals surface area contributed by atoms with Crippen molar-refractivity contribution < 1.29 is 27.5 Å². The number of amides is 2. The molecule has 10 heteroatoms. The van der Waals surface area contributed by atoms with Crippen LogP contribution in [0.25, 0.3) is 0 Å². The maximum Gasteiger partial charge on any atom is 0.421 e. The van der Waals surface area contributed by atoms with E-state index < -0.39 is 16.1 Å². The second-order valence-corrected chi connectivity index (χ2v) is 7.91. The molecule has 2 N–H and O–H groups in total. The van der Waals surface area contributed by atoms with E-state index in [0.717, 1.165) is 5.56 Å². The summed E-state index contributed by atoms with van der Waals surface area (Å²) in [6.45, 7) is 1.95. The van der Waals surface area contributed by atoms with Crippen molar-refractivity contribution in [2.24, 2.45) is 0 Å². The molecular weight excluding hydrogens is 420 g/mol. The Balaban J connectivity index is 1.94. The van der Waals surface area contributed by atoms with Gasteiger partial charge in [-0.15, -0.1) is 0 Å². The molecule has 2 aromatic carbocycles.